The summed E-state index contributed by atoms with van der Waals surface area (Å²) in [7, 11) is 5.61. The predicted octanol–water partition coefficient (Wildman–Crippen LogP) is 3.27. The first-order valence-corrected chi connectivity index (χ1v) is 8.11. The second-order valence-corrected chi connectivity index (χ2v) is 4.79. The van der Waals surface area contributed by atoms with Gasteiger partial charge in [-0.25, -0.2) is 0 Å². The van der Waals surface area contributed by atoms with Crippen molar-refractivity contribution in [2.45, 2.75) is 53.4 Å². The van der Waals surface area contributed by atoms with Crippen molar-refractivity contribution in [2.75, 3.05) is 40.8 Å². The molecule has 0 aliphatic carbocycles. The Bertz CT molecular complexity index is 164. The number of likely N-dealkylation sites (tertiary alicyclic amines) is 1. The van der Waals surface area contributed by atoms with E-state index in [1.807, 2.05) is 13.8 Å². The maximum atomic E-state index is 7.07. The molecule has 4 heteroatoms. The molecular formula is C16H40N4. The van der Waals surface area contributed by atoms with E-state index in [1.165, 1.54) is 39.1 Å². The van der Waals surface area contributed by atoms with E-state index < -0.39 is 0 Å². The van der Waals surface area contributed by atoms with Gasteiger partial charge >= 0.3 is 0 Å². The van der Waals surface area contributed by atoms with Crippen LogP contribution in [0.4, 0.5) is 0 Å². The van der Waals surface area contributed by atoms with Crippen molar-refractivity contribution < 1.29 is 0 Å². The molecule has 20 heavy (non-hydrogen) atoms. The zero-order valence-corrected chi connectivity index (χ0v) is 15.1. The minimum atomic E-state index is 0.941. The average Bonchev–Trinajstić information content (AvgIpc) is 2.53. The van der Waals surface area contributed by atoms with Gasteiger partial charge in [-0.3, -0.25) is 5.41 Å². The van der Waals surface area contributed by atoms with Gasteiger partial charge in [-0.05, 0) is 46.4 Å². The van der Waals surface area contributed by atoms with E-state index in [-0.39, 0.29) is 0 Å². The smallest absolute Gasteiger partial charge is 0.0817 e. The van der Waals surface area contributed by atoms with Crippen LogP contribution in [0.2, 0.25) is 0 Å². The maximum Gasteiger partial charge on any atom is 0.0817 e. The number of piperidine rings is 1. The maximum absolute atomic E-state index is 7.07. The molecule has 0 saturated carbocycles. The summed E-state index contributed by atoms with van der Waals surface area (Å²) in [5.41, 5.74) is 4.50. The van der Waals surface area contributed by atoms with Gasteiger partial charge in [-0.15, -0.1) is 0 Å². The molecule has 1 rings (SSSR count). The Balaban J connectivity index is -0.000000272. The Hall–Kier alpha value is -0.610. The molecule has 124 valence electrons. The van der Waals surface area contributed by atoms with E-state index in [0.717, 1.165) is 25.6 Å². The summed E-state index contributed by atoms with van der Waals surface area (Å²) in [4.78, 5) is 4.23. The van der Waals surface area contributed by atoms with Crippen LogP contribution >= 0.6 is 0 Å². The molecule has 0 unspecified atom stereocenters. The van der Waals surface area contributed by atoms with Crippen LogP contribution in [-0.4, -0.2) is 56.9 Å². The molecule has 1 aliphatic heterocycles. The minimum absolute atomic E-state index is 0.941. The van der Waals surface area contributed by atoms with Gasteiger partial charge in [0.1, 0.15) is 0 Å². The molecule has 4 nitrogen and oxygen atoms in total. The van der Waals surface area contributed by atoms with Crippen LogP contribution in [0.25, 0.3) is 0 Å². The van der Waals surface area contributed by atoms with Crippen LogP contribution in [0.5, 0.6) is 0 Å². The van der Waals surface area contributed by atoms with Gasteiger partial charge < -0.3 is 15.5 Å². The first-order valence-electron chi connectivity index (χ1n) is 8.11. The third-order valence-electron chi connectivity index (χ3n) is 3.16. The highest BCUT2D eigenvalue weighted by molar-refractivity contribution is 5.50. The standard InChI is InChI=1S/C9H18N2.C4H11N.C2H6.CH5N/c1-2-3-9-4-6-11(8-10)7-5-9;1-4-5(2)3;2*1-2/h8-10H,2-7H2,1H3;4H2,1-3H3;1-2H3;2H2,1H3. The Morgan fingerprint density at radius 2 is 1.55 bits per heavy atom. The molecular weight excluding hydrogens is 248 g/mol. The number of hydrogen-bond donors (Lipinski definition) is 2. The van der Waals surface area contributed by atoms with Crippen LogP contribution in [0.15, 0.2) is 0 Å². The second kappa shape index (κ2) is 20.7. The van der Waals surface area contributed by atoms with Gasteiger partial charge in [0.15, 0.2) is 0 Å². The molecule has 1 heterocycles. The Kier molecular flexibility index (Phi) is 25.3. The van der Waals surface area contributed by atoms with Crippen molar-refractivity contribution in [3.63, 3.8) is 0 Å². The highest BCUT2D eigenvalue weighted by Crippen LogP contribution is 2.20. The summed E-state index contributed by atoms with van der Waals surface area (Å²) in [6.45, 7) is 11.7. The summed E-state index contributed by atoms with van der Waals surface area (Å²) in [5, 5.41) is 7.07. The number of rotatable bonds is 4. The fourth-order valence-electron chi connectivity index (χ4n) is 1.78. The third-order valence-corrected chi connectivity index (χ3v) is 3.16. The first kappa shape index (κ1) is 24.4. The molecule has 0 aromatic carbocycles. The quantitative estimate of drug-likeness (QED) is 0.616. The fraction of sp³-hybridized carbons (Fsp3) is 0.938. The van der Waals surface area contributed by atoms with Gasteiger partial charge in [-0.2, -0.15) is 0 Å². The van der Waals surface area contributed by atoms with Crippen LogP contribution < -0.4 is 5.73 Å². The van der Waals surface area contributed by atoms with Crippen LogP contribution in [0.3, 0.4) is 0 Å². The summed E-state index contributed by atoms with van der Waals surface area (Å²) in [6, 6.07) is 0. The lowest BCUT2D eigenvalue weighted by Crippen LogP contribution is -2.32. The summed E-state index contributed by atoms with van der Waals surface area (Å²) >= 11 is 0. The zero-order chi connectivity index (χ0) is 16.4. The van der Waals surface area contributed by atoms with Gasteiger partial charge in [0.25, 0.3) is 0 Å². The third kappa shape index (κ3) is 17.4. The lowest BCUT2D eigenvalue weighted by molar-refractivity contribution is 0.259. The topological polar surface area (TPSA) is 56.4 Å². The number of nitrogens with two attached hydrogens (primary N) is 1. The zero-order valence-electron chi connectivity index (χ0n) is 15.1. The second-order valence-electron chi connectivity index (χ2n) is 4.79. The van der Waals surface area contributed by atoms with Gasteiger partial charge in [0.05, 0.1) is 6.34 Å². The van der Waals surface area contributed by atoms with Gasteiger partial charge in [0, 0.05) is 13.1 Å². The molecule has 0 bridgehead atoms. The van der Waals surface area contributed by atoms with E-state index in [1.54, 1.807) is 0 Å². The largest absolute Gasteiger partial charge is 0.363 e. The van der Waals surface area contributed by atoms with E-state index in [4.69, 9.17) is 5.41 Å². The number of nitrogens with zero attached hydrogens (tertiary/aromatic N) is 2. The lowest BCUT2D eigenvalue weighted by atomic mass is 9.93. The molecule has 0 amide bonds. The van der Waals surface area contributed by atoms with Crippen LogP contribution in [-0.2, 0) is 0 Å². The summed E-state index contributed by atoms with van der Waals surface area (Å²) in [5.74, 6) is 0.941. The highest BCUT2D eigenvalue weighted by atomic mass is 15.1. The predicted molar refractivity (Wildman–Crippen MR) is 93.7 cm³/mol. The average molecular weight is 289 g/mol. The van der Waals surface area contributed by atoms with Crippen molar-refractivity contribution in [2.24, 2.45) is 11.7 Å². The SMILES string of the molecule is CC.CCCC1CCN(C=N)CC1.CCN(C)C.CN. The molecule has 0 aromatic rings. The van der Waals surface area contributed by atoms with Crippen molar-refractivity contribution in [1.29, 1.82) is 5.41 Å². The molecule has 0 radical (unpaired) electrons. The number of hydrogen-bond acceptors (Lipinski definition) is 3. The van der Waals surface area contributed by atoms with E-state index >= 15 is 0 Å². The Morgan fingerprint density at radius 3 is 1.80 bits per heavy atom. The lowest BCUT2D eigenvalue weighted by Gasteiger charge is -2.29. The molecule has 0 atom stereocenters. The monoisotopic (exact) mass is 288 g/mol. The Morgan fingerprint density at radius 1 is 1.15 bits per heavy atom. The van der Waals surface area contributed by atoms with Crippen LogP contribution in [0, 0.1) is 11.3 Å². The summed E-state index contributed by atoms with van der Waals surface area (Å²) < 4.78 is 0. The molecule has 0 spiro atoms. The molecule has 3 N–H and O–H groups in total. The van der Waals surface area contributed by atoms with Crippen molar-refractivity contribution >= 4 is 6.34 Å². The Labute approximate surface area is 128 Å². The highest BCUT2D eigenvalue weighted by Gasteiger charge is 2.15. The van der Waals surface area contributed by atoms with Crippen molar-refractivity contribution in [1.82, 2.24) is 9.80 Å². The summed E-state index contributed by atoms with van der Waals surface area (Å²) in [6.07, 6.45) is 6.76. The van der Waals surface area contributed by atoms with Crippen LogP contribution in [0.1, 0.15) is 53.4 Å². The first-order chi connectivity index (χ1) is 9.63. The molecule has 1 fully saturated rings. The molecule has 1 saturated heterocycles. The van der Waals surface area contributed by atoms with E-state index in [0.29, 0.717) is 0 Å². The molecule has 0 aromatic heterocycles. The van der Waals surface area contributed by atoms with E-state index in [2.05, 4.69) is 43.5 Å². The van der Waals surface area contributed by atoms with Crippen molar-refractivity contribution in [3.05, 3.63) is 0 Å². The fourth-order valence-corrected chi connectivity index (χ4v) is 1.78. The molecule has 1 aliphatic rings. The van der Waals surface area contributed by atoms with Gasteiger partial charge in [-0.1, -0.05) is 40.5 Å². The van der Waals surface area contributed by atoms with Gasteiger partial charge in [0.2, 0.25) is 0 Å². The number of nitrogens with one attached hydrogen (secondary N) is 1. The minimum Gasteiger partial charge on any atom is -0.363 e. The normalized spacial score (nSPS) is 14.2. The van der Waals surface area contributed by atoms with E-state index in [9.17, 15) is 0 Å². The van der Waals surface area contributed by atoms with Crippen molar-refractivity contribution in [3.8, 4) is 0 Å².